The van der Waals surface area contributed by atoms with E-state index in [1.54, 1.807) is 0 Å². The van der Waals surface area contributed by atoms with E-state index in [4.69, 9.17) is 15.5 Å². The summed E-state index contributed by atoms with van der Waals surface area (Å²) in [6.45, 7) is 0. The Kier molecular flexibility index (Phi) is 3.03. The normalized spacial score (nSPS) is 9.27. The topological polar surface area (TPSA) is 98.4 Å². The molecule has 1 rings (SSSR count). The van der Waals surface area contributed by atoms with E-state index in [-0.39, 0.29) is 17.5 Å². The highest BCUT2D eigenvalue weighted by Crippen LogP contribution is 2.13. The molecule has 1 aromatic carbocycles. The first-order chi connectivity index (χ1) is 7.06. The van der Waals surface area contributed by atoms with Crippen molar-refractivity contribution < 1.29 is 19.8 Å². The number of nitrogens with zero attached hydrogens (tertiary/aromatic N) is 1. The van der Waals surface area contributed by atoms with Gasteiger partial charge in [-0.25, -0.2) is 9.59 Å². The van der Waals surface area contributed by atoms with E-state index >= 15 is 0 Å². The van der Waals surface area contributed by atoms with E-state index < -0.39 is 11.9 Å². The number of benzene rings is 1. The number of carbonyl (C=O) groups is 2. The van der Waals surface area contributed by atoms with Crippen molar-refractivity contribution in [3.05, 3.63) is 34.9 Å². The van der Waals surface area contributed by atoms with Crippen LogP contribution in [-0.2, 0) is 6.42 Å². The Labute approximate surface area is 85.2 Å². The van der Waals surface area contributed by atoms with Crippen LogP contribution in [-0.4, -0.2) is 22.2 Å². The molecule has 0 radical (unpaired) electrons. The van der Waals surface area contributed by atoms with Crippen molar-refractivity contribution in [2.24, 2.45) is 0 Å². The highest BCUT2D eigenvalue weighted by atomic mass is 16.4. The molecule has 0 aliphatic carbocycles. The van der Waals surface area contributed by atoms with Crippen molar-refractivity contribution in [2.45, 2.75) is 6.42 Å². The fourth-order valence-electron chi connectivity index (χ4n) is 1.15. The van der Waals surface area contributed by atoms with Crippen LogP contribution in [0, 0.1) is 11.3 Å². The monoisotopic (exact) mass is 205 g/mol. The fraction of sp³-hybridized carbons (Fsp3) is 0.100. The molecule has 0 heterocycles. The lowest BCUT2D eigenvalue weighted by Gasteiger charge is -2.03. The van der Waals surface area contributed by atoms with Crippen LogP contribution < -0.4 is 0 Å². The van der Waals surface area contributed by atoms with Gasteiger partial charge in [0.1, 0.15) is 0 Å². The molecule has 0 spiro atoms. The van der Waals surface area contributed by atoms with Crippen molar-refractivity contribution in [3.63, 3.8) is 0 Å². The summed E-state index contributed by atoms with van der Waals surface area (Å²) in [6.07, 6.45) is -0.0540. The minimum absolute atomic E-state index is 0.0540. The number of carboxylic acids is 2. The molecule has 0 aliphatic heterocycles. The average molecular weight is 205 g/mol. The van der Waals surface area contributed by atoms with Crippen LogP contribution in [0.1, 0.15) is 26.3 Å². The molecule has 0 fully saturated rings. The van der Waals surface area contributed by atoms with Gasteiger partial charge in [-0.2, -0.15) is 5.26 Å². The first-order valence-corrected chi connectivity index (χ1v) is 4.02. The third kappa shape index (κ3) is 2.31. The van der Waals surface area contributed by atoms with Crippen molar-refractivity contribution >= 4 is 11.9 Å². The van der Waals surface area contributed by atoms with Crippen LogP contribution in [0.25, 0.3) is 0 Å². The van der Waals surface area contributed by atoms with Crippen molar-refractivity contribution in [3.8, 4) is 6.07 Å². The van der Waals surface area contributed by atoms with Gasteiger partial charge in [0.25, 0.3) is 0 Å². The predicted molar refractivity (Wildman–Crippen MR) is 49.7 cm³/mol. The Hall–Kier alpha value is -2.35. The standard InChI is InChI=1S/C10H7NO4/c11-4-3-6-1-2-7(9(12)13)5-8(6)10(14)15/h1-2,5H,3H2,(H,12,13)(H,14,15). The summed E-state index contributed by atoms with van der Waals surface area (Å²) in [5, 5.41) is 25.9. The van der Waals surface area contributed by atoms with Crippen LogP contribution in [0.4, 0.5) is 0 Å². The summed E-state index contributed by atoms with van der Waals surface area (Å²) in [4.78, 5) is 21.4. The minimum Gasteiger partial charge on any atom is -0.478 e. The van der Waals surface area contributed by atoms with Crippen molar-refractivity contribution in [2.75, 3.05) is 0 Å². The summed E-state index contributed by atoms with van der Waals surface area (Å²) >= 11 is 0. The Morgan fingerprint density at radius 3 is 2.40 bits per heavy atom. The summed E-state index contributed by atoms with van der Waals surface area (Å²) in [5.74, 6) is -2.43. The van der Waals surface area contributed by atoms with Crippen molar-refractivity contribution in [1.82, 2.24) is 0 Å². The Balaban J connectivity index is 3.28. The zero-order chi connectivity index (χ0) is 11.4. The number of rotatable bonds is 3. The van der Waals surface area contributed by atoms with Crippen LogP contribution in [0.3, 0.4) is 0 Å². The maximum absolute atomic E-state index is 10.8. The molecule has 0 atom stereocenters. The molecule has 0 saturated carbocycles. The van der Waals surface area contributed by atoms with E-state index in [2.05, 4.69) is 0 Å². The van der Waals surface area contributed by atoms with E-state index in [1.165, 1.54) is 12.1 Å². The van der Waals surface area contributed by atoms with E-state index in [0.717, 1.165) is 6.07 Å². The van der Waals surface area contributed by atoms with Gasteiger partial charge in [-0.05, 0) is 17.7 Å². The lowest BCUT2D eigenvalue weighted by molar-refractivity contribution is 0.0695. The van der Waals surface area contributed by atoms with Gasteiger partial charge >= 0.3 is 11.9 Å². The van der Waals surface area contributed by atoms with E-state index in [1.807, 2.05) is 6.07 Å². The lowest BCUT2D eigenvalue weighted by Crippen LogP contribution is -2.05. The molecule has 0 saturated heterocycles. The van der Waals surface area contributed by atoms with Crippen LogP contribution >= 0.6 is 0 Å². The maximum atomic E-state index is 10.8. The average Bonchev–Trinajstić information content (AvgIpc) is 2.18. The Morgan fingerprint density at radius 1 is 1.27 bits per heavy atom. The summed E-state index contributed by atoms with van der Waals surface area (Å²) in [6, 6.07) is 5.49. The van der Waals surface area contributed by atoms with Gasteiger partial charge < -0.3 is 10.2 Å². The molecule has 15 heavy (non-hydrogen) atoms. The first kappa shape index (κ1) is 10.7. The quantitative estimate of drug-likeness (QED) is 0.771. The second-order valence-electron chi connectivity index (χ2n) is 2.82. The van der Waals surface area contributed by atoms with Gasteiger partial charge in [0.15, 0.2) is 0 Å². The number of carboxylic acid groups (broad SMARTS) is 2. The van der Waals surface area contributed by atoms with Crippen LogP contribution in [0.15, 0.2) is 18.2 Å². The first-order valence-electron chi connectivity index (χ1n) is 4.02. The Morgan fingerprint density at radius 2 is 1.93 bits per heavy atom. The second kappa shape index (κ2) is 4.24. The van der Waals surface area contributed by atoms with E-state index in [9.17, 15) is 9.59 Å². The predicted octanol–water partition coefficient (Wildman–Crippen LogP) is 1.15. The number of hydrogen-bond acceptors (Lipinski definition) is 3. The summed E-state index contributed by atoms with van der Waals surface area (Å²) < 4.78 is 0. The fourth-order valence-corrected chi connectivity index (χ4v) is 1.15. The number of hydrogen-bond donors (Lipinski definition) is 2. The largest absolute Gasteiger partial charge is 0.478 e. The molecule has 0 bridgehead atoms. The molecule has 0 amide bonds. The Bertz CT molecular complexity index is 459. The molecule has 76 valence electrons. The highest BCUT2D eigenvalue weighted by molar-refractivity contribution is 5.94. The van der Waals surface area contributed by atoms with Gasteiger partial charge in [0.05, 0.1) is 23.6 Å². The van der Waals surface area contributed by atoms with Gasteiger partial charge in [0.2, 0.25) is 0 Å². The SMILES string of the molecule is N#CCc1ccc(C(=O)O)cc1C(=O)O. The molecular formula is C10H7NO4. The summed E-state index contributed by atoms with van der Waals surface area (Å²) in [7, 11) is 0. The smallest absolute Gasteiger partial charge is 0.336 e. The second-order valence-corrected chi connectivity index (χ2v) is 2.82. The maximum Gasteiger partial charge on any atom is 0.336 e. The zero-order valence-corrected chi connectivity index (χ0v) is 7.60. The minimum atomic E-state index is -1.23. The zero-order valence-electron chi connectivity index (χ0n) is 7.60. The molecule has 0 aliphatic rings. The third-order valence-corrected chi connectivity index (χ3v) is 1.86. The number of aromatic carboxylic acids is 2. The van der Waals surface area contributed by atoms with Gasteiger partial charge in [-0.1, -0.05) is 6.07 Å². The van der Waals surface area contributed by atoms with E-state index in [0.29, 0.717) is 5.56 Å². The molecular weight excluding hydrogens is 198 g/mol. The van der Waals surface area contributed by atoms with Crippen molar-refractivity contribution in [1.29, 1.82) is 5.26 Å². The molecule has 5 heteroatoms. The van der Waals surface area contributed by atoms with Gasteiger partial charge in [0, 0.05) is 0 Å². The lowest BCUT2D eigenvalue weighted by atomic mass is 10.0. The summed E-state index contributed by atoms with van der Waals surface area (Å²) in [5.41, 5.74) is 0.0699. The molecule has 2 N–H and O–H groups in total. The molecule has 1 aromatic rings. The molecule has 0 unspecified atom stereocenters. The highest BCUT2D eigenvalue weighted by Gasteiger charge is 2.13. The van der Waals surface area contributed by atoms with Gasteiger partial charge in [-0.15, -0.1) is 0 Å². The third-order valence-electron chi connectivity index (χ3n) is 1.86. The molecule has 0 aromatic heterocycles. The van der Waals surface area contributed by atoms with Crippen LogP contribution in [0.2, 0.25) is 0 Å². The van der Waals surface area contributed by atoms with Crippen LogP contribution in [0.5, 0.6) is 0 Å². The molecule has 5 nitrogen and oxygen atoms in total. The van der Waals surface area contributed by atoms with Gasteiger partial charge in [-0.3, -0.25) is 0 Å². The number of nitriles is 1.